The van der Waals surface area contributed by atoms with Crippen molar-refractivity contribution in [2.75, 3.05) is 31.7 Å². The number of amides is 1. The van der Waals surface area contributed by atoms with E-state index in [1.807, 2.05) is 12.4 Å². The molecule has 8 heteroatoms. The fraction of sp³-hybridized carbons (Fsp3) is 0.533. The van der Waals surface area contributed by atoms with Crippen molar-refractivity contribution in [3.05, 3.63) is 29.3 Å². The first-order valence-corrected chi connectivity index (χ1v) is 8.57. The van der Waals surface area contributed by atoms with E-state index >= 15 is 0 Å². The molecule has 23 heavy (non-hydrogen) atoms. The van der Waals surface area contributed by atoms with Gasteiger partial charge < -0.3 is 19.9 Å². The summed E-state index contributed by atoms with van der Waals surface area (Å²) in [5, 5.41) is 2.58. The van der Waals surface area contributed by atoms with Crippen molar-refractivity contribution in [3.8, 4) is 0 Å². The summed E-state index contributed by atoms with van der Waals surface area (Å²) in [5.41, 5.74) is 5.63. The summed E-state index contributed by atoms with van der Waals surface area (Å²) < 4.78 is 7.32. The van der Waals surface area contributed by atoms with Crippen molar-refractivity contribution in [2.45, 2.75) is 25.3 Å². The molecule has 0 unspecified atom stereocenters. The molecule has 2 aromatic rings. The highest BCUT2D eigenvalue weighted by Crippen LogP contribution is 2.30. The molecule has 124 valence electrons. The third kappa shape index (κ3) is 3.53. The van der Waals surface area contributed by atoms with Gasteiger partial charge in [-0.25, -0.2) is 9.97 Å². The van der Waals surface area contributed by atoms with Crippen molar-refractivity contribution in [1.29, 1.82) is 0 Å². The molecule has 3 heterocycles. The fourth-order valence-electron chi connectivity index (χ4n) is 2.94. The molecule has 0 aromatic carbocycles. The molecule has 1 amide bonds. The van der Waals surface area contributed by atoms with Crippen LogP contribution in [-0.4, -0.2) is 47.2 Å². The van der Waals surface area contributed by atoms with Crippen LogP contribution < -0.4 is 10.6 Å². The molecule has 1 fully saturated rings. The highest BCUT2D eigenvalue weighted by Gasteiger charge is 2.26. The van der Waals surface area contributed by atoms with E-state index in [9.17, 15) is 4.79 Å². The zero-order valence-corrected chi connectivity index (χ0v) is 14.0. The van der Waals surface area contributed by atoms with E-state index < -0.39 is 5.91 Å². The Bertz CT molecular complexity index is 668. The minimum absolute atomic E-state index is 0.341. The molecular formula is C15H21N5O2S. The van der Waals surface area contributed by atoms with Gasteiger partial charge in [-0.15, -0.1) is 11.3 Å². The summed E-state index contributed by atoms with van der Waals surface area (Å²) in [5.74, 6) is 0.978. The number of imidazole rings is 1. The highest BCUT2D eigenvalue weighted by molar-refractivity contribution is 7.13. The average molecular weight is 335 g/mol. The van der Waals surface area contributed by atoms with E-state index in [1.54, 1.807) is 12.5 Å². The molecule has 0 saturated carbocycles. The Morgan fingerprint density at radius 2 is 2.43 bits per heavy atom. The standard InChI is InChI=1S/C15H21N5O2S/c1-22-8-7-19-6-4-17-14(19)11-3-2-5-20(9-11)15-18-12(10-23-15)13(16)21/h4,6,10-11H,2-3,5,7-9H2,1H3,(H2,16,21)/t11-/m1/s1. The monoisotopic (exact) mass is 335 g/mol. The maximum absolute atomic E-state index is 11.2. The topological polar surface area (TPSA) is 86.3 Å². The number of primary amides is 1. The predicted octanol–water partition coefficient (Wildman–Crippen LogP) is 1.47. The number of hydrogen-bond acceptors (Lipinski definition) is 6. The van der Waals surface area contributed by atoms with Crippen LogP contribution >= 0.6 is 11.3 Å². The largest absolute Gasteiger partial charge is 0.383 e. The number of aromatic nitrogens is 3. The molecule has 1 saturated heterocycles. The van der Waals surface area contributed by atoms with E-state index in [2.05, 4.69) is 19.4 Å². The zero-order chi connectivity index (χ0) is 16.2. The number of nitrogens with zero attached hydrogens (tertiary/aromatic N) is 4. The molecule has 0 radical (unpaired) electrons. The number of nitrogens with two attached hydrogens (primary N) is 1. The molecule has 0 spiro atoms. The normalized spacial score (nSPS) is 18.3. The Balaban J connectivity index is 1.73. The molecule has 3 rings (SSSR count). The van der Waals surface area contributed by atoms with Gasteiger partial charge in [0.2, 0.25) is 0 Å². The average Bonchev–Trinajstić information content (AvgIpc) is 3.22. The minimum Gasteiger partial charge on any atom is -0.383 e. The quantitative estimate of drug-likeness (QED) is 0.864. The SMILES string of the molecule is COCCn1ccnc1[C@@H]1CCCN(c2nc(C(N)=O)cs2)C1. The molecule has 0 aliphatic carbocycles. The third-order valence-corrected chi connectivity index (χ3v) is 4.99. The lowest BCUT2D eigenvalue weighted by Crippen LogP contribution is -2.35. The molecule has 1 atom stereocenters. The number of anilines is 1. The minimum atomic E-state index is -0.476. The first kappa shape index (κ1) is 15.9. The van der Waals surface area contributed by atoms with E-state index in [0.717, 1.165) is 43.4 Å². The Morgan fingerprint density at radius 3 is 3.17 bits per heavy atom. The number of carbonyl (C=O) groups is 1. The summed E-state index contributed by atoms with van der Waals surface area (Å²) in [6.07, 6.45) is 6.03. The van der Waals surface area contributed by atoms with E-state index in [4.69, 9.17) is 10.5 Å². The van der Waals surface area contributed by atoms with Gasteiger partial charge in [0, 0.05) is 50.4 Å². The Kier molecular flexibility index (Phi) is 4.92. The van der Waals surface area contributed by atoms with Gasteiger partial charge in [0.15, 0.2) is 5.13 Å². The molecule has 2 aromatic heterocycles. The highest BCUT2D eigenvalue weighted by atomic mass is 32.1. The van der Waals surface area contributed by atoms with Gasteiger partial charge >= 0.3 is 0 Å². The number of ether oxygens (including phenoxy) is 1. The number of thiazole rings is 1. The number of rotatable bonds is 6. The first-order chi connectivity index (χ1) is 11.2. The van der Waals surface area contributed by atoms with E-state index in [0.29, 0.717) is 18.2 Å². The van der Waals surface area contributed by atoms with Gasteiger partial charge in [-0.3, -0.25) is 4.79 Å². The maximum Gasteiger partial charge on any atom is 0.268 e. The number of hydrogen-bond donors (Lipinski definition) is 1. The number of piperidine rings is 1. The zero-order valence-electron chi connectivity index (χ0n) is 13.1. The first-order valence-electron chi connectivity index (χ1n) is 7.69. The van der Waals surface area contributed by atoms with Crippen LogP contribution in [0.4, 0.5) is 5.13 Å². The van der Waals surface area contributed by atoms with Crippen LogP contribution in [0.25, 0.3) is 0 Å². The molecule has 1 aliphatic heterocycles. The van der Waals surface area contributed by atoms with Crippen molar-refractivity contribution in [1.82, 2.24) is 14.5 Å². The summed E-state index contributed by atoms with van der Waals surface area (Å²) in [6, 6.07) is 0. The van der Waals surface area contributed by atoms with Gasteiger partial charge in [-0.05, 0) is 12.8 Å². The Hall–Kier alpha value is -1.93. The van der Waals surface area contributed by atoms with Crippen molar-refractivity contribution in [2.24, 2.45) is 5.73 Å². The fourth-order valence-corrected chi connectivity index (χ4v) is 3.80. The van der Waals surface area contributed by atoms with Crippen LogP contribution in [0.2, 0.25) is 0 Å². The van der Waals surface area contributed by atoms with Gasteiger partial charge in [-0.1, -0.05) is 0 Å². The molecule has 0 bridgehead atoms. The maximum atomic E-state index is 11.2. The van der Waals surface area contributed by atoms with Crippen molar-refractivity contribution >= 4 is 22.4 Å². The molecular weight excluding hydrogens is 314 g/mol. The number of carbonyl (C=O) groups excluding carboxylic acids is 1. The van der Waals surface area contributed by atoms with Crippen molar-refractivity contribution < 1.29 is 9.53 Å². The van der Waals surface area contributed by atoms with Gasteiger partial charge in [0.1, 0.15) is 11.5 Å². The van der Waals surface area contributed by atoms with Gasteiger partial charge in [0.05, 0.1) is 6.61 Å². The van der Waals surface area contributed by atoms with Crippen LogP contribution in [0.1, 0.15) is 35.1 Å². The summed E-state index contributed by atoms with van der Waals surface area (Å²) in [6.45, 7) is 3.29. The van der Waals surface area contributed by atoms with Gasteiger partial charge in [-0.2, -0.15) is 0 Å². The third-order valence-electron chi connectivity index (χ3n) is 4.09. The molecule has 7 nitrogen and oxygen atoms in total. The van der Waals surface area contributed by atoms with E-state index in [1.165, 1.54) is 11.3 Å². The smallest absolute Gasteiger partial charge is 0.268 e. The Labute approximate surface area is 139 Å². The second kappa shape index (κ2) is 7.10. The lowest BCUT2D eigenvalue weighted by atomic mass is 9.97. The number of methoxy groups -OCH3 is 1. The molecule has 2 N–H and O–H groups in total. The second-order valence-corrected chi connectivity index (χ2v) is 6.47. The van der Waals surface area contributed by atoms with Crippen molar-refractivity contribution in [3.63, 3.8) is 0 Å². The predicted molar refractivity (Wildman–Crippen MR) is 88.9 cm³/mol. The summed E-state index contributed by atoms with van der Waals surface area (Å²) in [7, 11) is 1.71. The van der Waals surface area contributed by atoms with Crippen LogP contribution in [0.5, 0.6) is 0 Å². The van der Waals surface area contributed by atoms with Crippen LogP contribution in [0, 0.1) is 0 Å². The van der Waals surface area contributed by atoms with Gasteiger partial charge in [0.25, 0.3) is 5.91 Å². The van der Waals surface area contributed by atoms with Crippen LogP contribution in [-0.2, 0) is 11.3 Å². The second-order valence-electron chi connectivity index (χ2n) is 5.64. The van der Waals surface area contributed by atoms with E-state index in [-0.39, 0.29) is 0 Å². The summed E-state index contributed by atoms with van der Waals surface area (Å²) >= 11 is 1.47. The lowest BCUT2D eigenvalue weighted by molar-refractivity contribution is 0.0996. The van der Waals surface area contributed by atoms with Crippen LogP contribution in [0.15, 0.2) is 17.8 Å². The molecule has 1 aliphatic rings. The Morgan fingerprint density at radius 1 is 1.57 bits per heavy atom. The summed E-state index contributed by atoms with van der Waals surface area (Å²) in [4.78, 5) is 22.3. The van der Waals surface area contributed by atoms with Crippen LogP contribution in [0.3, 0.4) is 0 Å². The lowest BCUT2D eigenvalue weighted by Gasteiger charge is -2.32.